The molecular weight excluding hydrogens is 376 g/mol. The number of fused-ring (bicyclic) bond motifs is 1. The molecule has 146 valence electrons. The maximum atomic E-state index is 13.6. The van der Waals surface area contributed by atoms with Crippen LogP contribution in [-0.2, 0) is 22.9 Å². The normalized spacial score (nSPS) is 16.0. The van der Waals surface area contributed by atoms with Gasteiger partial charge in [0.2, 0.25) is 5.91 Å². The maximum absolute atomic E-state index is 13.6. The smallest absolute Gasteiger partial charge is 0.348 e. The van der Waals surface area contributed by atoms with Crippen molar-refractivity contribution < 1.29 is 22.4 Å². The summed E-state index contributed by atoms with van der Waals surface area (Å²) in [6, 6.07) is 8.09. The second-order valence-electron chi connectivity index (χ2n) is 6.89. The van der Waals surface area contributed by atoms with Gasteiger partial charge in [0, 0.05) is 6.20 Å². The molecule has 1 fully saturated rings. The molecule has 0 radical (unpaired) electrons. The van der Waals surface area contributed by atoms with Gasteiger partial charge in [0.15, 0.2) is 11.5 Å². The van der Waals surface area contributed by atoms with Crippen LogP contribution in [0, 0.1) is 5.82 Å². The molecule has 2 aromatic heterocycles. The third kappa shape index (κ3) is 3.10. The third-order valence-electron chi connectivity index (χ3n) is 5.23. The summed E-state index contributed by atoms with van der Waals surface area (Å²) in [5.74, 6) is -0.532. The highest BCUT2D eigenvalue weighted by atomic mass is 19.4. The SMILES string of the molecule is O=C(NCc1nnc2ccc(C(F)(F)F)cn12)C1(c2cccc(F)c2)CCC1. The minimum atomic E-state index is -4.49. The molecule has 0 aliphatic heterocycles. The van der Waals surface area contributed by atoms with Crippen LogP contribution < -0.4 is 5.32 Å². The number of nitrogens with zero attached hydrogens (tertiary/aromatic N) is 3. The van der Waals surface area contributed by atoms with Crippen molar-refractivity contribution in [2.24, 2.45) is 0 Å². The molecule has 3 aromatic rings. The first kappa shape index (κ1) is 18.4. The number of carbonyl (C=O) groups excluding carboxylic acids is 1. The molecule has 1 aliphatic rings. The van der Waals surface area contributed by atoms with Gasteiger partial charge in [-0.2, -0.15) is 13.2 Å². The van der Waals surface area contributed by atoms with Crippen molar-refractivity contribution in [3.8, 4) is 0 Å². The number of aromatic nitrogens is 3. The molecule has 9 heteroatoms. The monoisotopic (exact) mass is 392 g/mol. The average molecular weight is 392 g/mol. The Morgan fingerprint density at radius 3 is 2.61 bits per heavy atom. The summed E-state index contributed by atoms with van der Waals surface area (Å²) in [4.78, 5) is 12.8. The molecule has 1 N–H and O–H groups in total. The highest BCUT2D eigenvalue weighted by Crippen LogP contribution is 2.44. The zero-order chi connectivity index (χ0) is 19.9. The van der Waals surface area contributed by atoms with E-state index in [2.05, 4.69) is 15.5 Å². The van der Waals surface area contributed by atoms with Crippen LogP contribution in [0.25, 0.3) is 5.65 Å². The lowest BCUT2D eigenvalue weighted by Gasteiger charge is -2.40. The van der Waals surface area contributed by atoms with Crippen molar-refractivity contribution in [2.45, 2.75) is 37.4 Å². The molecule has 0 spiro atoms. The van der Waals surface area contributed by atoms with E-state index in [4.69, 9.17) is 0 Å². The zero-order valence-corrected chi connectivity index (χ0v) is 14.6. The molecular formula is C19H16F4N4O. The van der Waals surface area contributed by atoms with E-state index < -0.39 is 23.0 Å². The van der Waals surface area contributed by atoms with Crippen LogP contribution in [0.15, 0.2) is 42.6 Å². The largest absolute Gasteiger partial charge is 0.417 e. The van der Waals surface area contributed by atoms with Gasteiger partial charge in [-0.05, 0) is 42.7 Å². The topological polar surface area (TPSA) is 59.3 Å². The van der Waals surface area contributed by atoms with Gasteiger partial charge in [-0.3, -0.25) is 9.20 Å². The quantitative estimate of drug-likeness (QED) is 0.690. The Labute approximate surface area is 157 Å². The van der Waals surface area contributed by atoms with Crippen LogP contribution in [0.2, 0.25) is 0 Å². The van der Waals surface area contributed by atoms with Crippen molar-refractivity contribution in [3.63, 3.8) is 0 Å². The molecule has 4 rings (SSSR count). The summed E-state index contributed by atoms with van der Waals surface area (Å²) in [7, 11) is 0. The summed E-state index contributed by atoms with van der Waals surface area (Å²) in [5, 5.41) is 10.4. The van der Waals surface area contributed by atoms with Crippen LogP contribution in [0.1, 0.15) is 36.2 Å². The van der Waals surface area contributed by atoms with E-state index in [-0.39, 0.29) is 23.9 Å². The standard InChI is InChI=1S/C19H16F4N4O/c20-14-4-1-3-12(9-14)18(7-2-8-18)17(28)24-10-16-26-25-15-6-5-13(11-27(15)16)19(21,22)23/h1,3-6,9,11H,2,7-8,10H2,(H,24,28). The Morgan fingerprint density at radius 1 is 1.18 bits per heavy atom. The van der Waals surface area contributed by atoms with Gasteiger partial charge in [-0.15, -0.1) is 10.2 Å². The maximum Gasteiger partial charge on any atom is 0.417 e. The Balaban J connectivity index is 1.56. The molecule has 0 unspecified atom stereocenters. The van der Waals surface area contributed by atoms with Gasteiger partial charge in [-0.25, -0.2) is 4.39 Å². The number of hydrogen-bond donors (Lipinski definition) is 1. The van der Waals surface area contributed by atoms with Crippen molar-refractivity contribution in [1.82, 2.24) is 19.9 Å². The lowest BCUT2D eigenvalue weighted by atomic mass is 9.64. The highest BCUT2D eigenvalue weighted by Gasteiger charge is 2.45. The minimum Gasteiger partial charge on any atom is -0.348 e. The zero-order valence-electron chi connectivity index (χ0n) is 14.6. The molecule has 1 aromatic carbocycles. The van der Waals surface area contributed by atoms with Gasteiger partial charge >= 0.3 is 6.18 Å². The van der Waals surface area contributed by atoms with Crippen molar-refractivity contribution >= 4 is 11.6 Å². The lowest BCUT2D eigenvalue weighted by Crippen LogP contribution is -2.49. The number of amides is 1. The first-order valence-electron chi connectivity index (χ1n) is 8.75. The Morgan fingerprint density at radius 2 is 1.96 bits per heavy atom. The molecule has 0 atom stereocenters. The van der Waals surface area contributed by atoms with E-state index in [0.29, 0.717) is 18.4 Å². The fourth-order valence-electron chi connectivity index (χ4n) is 3.52. The fourth-order valence-corrected chi connectivity index (χ4v) is 3.52. The van der Waals surface area contributed by atoms with E-state index in [0.717, 1.165) is 18.7 Å². The highest BCUT2D eigenvalue weighted by molar-refractivity contribution is 5.89. The predicted octanol–water partition coefficient (Wildman–Crippen LogP) is 3.63. The molecule has 5 nitrogen and oxygen atoms in total. The van der Waals surface area contributed by atoms with E-state index in [1.54, 1.807) is 12.1 Å². The number of carbonyl (C=O) groups is 1. The Kier molecular flexibility index (Phi) is 4.32. The van der Waals surface area contributed by atoms with Crippen LogP contribution in [0.3, 0.4) is 0 Å². The third-order valence-corrected chi connectivity index (χ3v) is 5.23. The van der Waals surface area contributed by atoms with Crippen LogP contribution in [-0.4, -0.2) is 20.5 Å². The molecule has 1 aliphatic carbocycles. The molecule has 2 heterocycles. The van der Waals surface area contributed by atoms with E-state index >= 15 is 0 Å². The first-order valence-corrected chi connectivity index (χ1v) is 8.75. The Hall–Kier alpha value is -2.97. The lowest BCUT2D eigenvalue weighted by molar-refractivity contribution is -0.138. The van der Waals surface area contributed by atoms with Gasteiger partial charge < -0.3 is 5.32 Å². The van der Waals surface area contributed by atoms with Gasteiger partial charge in [-0.1, -0.05) is 18.6 Å². The number of hydrogen-bond acceptors (Lipinski definition) is 3. The second-order valence-corrected chi connectivity index (χ2v) is 6.89. The number of pyridine rings is 1. The minimum absolute atomic E-state index is 0.0849. The number of rotatable bonds is 4. The van der Waals surface area contributed by atoms with Gasteiger partial charge in [0.25, 0.3) is 0 Å². The fraction of sp³-hybridized carbons (Fsp3) is 0.316. The first-order chi connectivity index (χ1) is 13.3. The predicted molar refractivity (Wildman–Crippen MR) is 91.8 cm³/mol. The van der Waals surface area contributed by atoms with E-state index in [1.807, 2.05) is 0 Å². The number of halogens is 4. The van der Waals surface area contributed by atoms with Gasteiger partial charge in [0.1, 0.15) is 5.82 Å². The number of benzene rings is 1. The number of nitrogens with one attached hydrogen (secondary N) is 1. The summed E-state index contributed by atoms with van der Waals surface area (Å²) >= 11 is 0. The molecule has 1 saturated carbocycles. The Bertz CT molecular complexity index is 1040. The van der Waals surface area contributed by atoms with Crippen molar-refractivity contribution in [3.05, 3.63) is 65.4 Å². The molecule has 28 heavy (non-hydrogen) atoms. The summed E-state index contributed by atoms with van der Waals surface area (Å²) in [5.41, 5.74) is -0.801. The summed E-state index contributed by atoms with van der Waals surface area (Å²) in [6.45, 7) is -0.0849. The van der Waals surface area contributed by atoms with Crippen LogP contribution in [0.5, 0.6) is 0 Å². The van der Waals surface area contributed by atoms with Crippen molar-refractivity contribution in [2.75, 3.05) is 0 Å². The molecule has 0 bridgehead atoms. The summed E-state index contributed by atoms with van der Waals surface area (Å²) in [6.07, 6.45) is -1.58. The number of alkyl halides is 3. The van der Waals surface area contributed by atoms with E-state index in [1.165, 1.54) is 22.6 Å². The van der Waals surface area contributed by atoms with Crippen molar-refractivity contribution in [1.29, 1.82) is 0 Å². The van der Waals surface area contributed by atoms with Crippen LogP contribution in [0.4, 0.5) is 17.6 Å². The summed E-state index contributed by atoms with van der Waals surface area (Å²) < 4.78 is 53.6. The van der Waals surface area contributed by atoms with Crippen LogP contribution >= 0.6 is 0 Å². The molecule has 1 amide bonds. The van der Waals surface area contributed by atoms with E-state index in [9.17, 15) is 22.4 Å². The second kappa shape index (κ2) is 6.57. The van der Waals surface area contributed by atoms with Gasteiger partial charge in [0.05, 0.1) is 17.5 Å². The average Bonchev–Trinajstić information content (AvgIpc) is 3.00. The molecule has 0 saturated heterocycles.